The number of aromatic nitrogens is 1. The number of hydrogen-bond donors (Lipinski definition) is 1. The number of hydrogen-bond acceptors (Lipinski definition) is 5. The van der Waals surface area contributed by atoms with Crippen LogP contribution in [-0.4, -0.2) is 60.9 Å². The van der Waals surface area contributed by atoms with Crippen molar-refractivity contribution in [2.24, 2.45) is 4.99 Å². The van der Waals surface area contributed by atoms with Gasteiger partial charge in [-0.05, 0) is 39.0 Å². The number of ether oxygens (including phenoxy) is 2. The molecule has 1 atom stereocenters. The van der Waals surface area contributed by atoms with Crippen molar-refractivity contribution in [3.05, 3.63) is 16.1 Å². The fraction of sp³-hybridized carbons (Fsp3) is 0.789. The average Bonchev–Trinajstić information content (AvgIpc) is 3.35. The van der Waals surface area contributed by atoms with Gasteiger partial charge in [-0.25, -0.2) is 9.98 Å². The Hall–Kier alpha value is -0.450. The molecule has 0 saturated carbocycles. The third-order valence-electron chi connectivity index (χ3n) is 4.91. The van der Waals surface area contributed by atoms with Crippen LogP contribution < -0.4 is 5.32 Å². The number of aryl methyl sites for hydroxylation is 1. The Morgan fingerprint density at radius 2 is 2.19 bits per heavy atom. The largest absolute Gasteiger partial charge is 0.376 e. The van der Waals surface area contributed by atoms with Crippen LogP contribution in [0.2, 0.25) is 0 Å². The second-order valence-electron chi connectivity index (χ2n) is 6.91. The molecule has 0 bridgehead atoms. The van der Waals surface area contributed by atoms with Gasteiger partial charge in [0.2, 0.25) is 0 Å². The van der Waals surface area contributed by atoms with Gasteiger partial charge in [-0.2, -0.15) is 0 Å². The van der Waals surface area contributed by atoms with E-state index in [4.69, 9.17) is 14.5 Å². The number of nitrogens with zero attached hydrogens (tertiary/aromatic N) is 3. The number of nitrogens with one attached hydrogen (secondary N) is 1. The van der Waals surface area contributed by atoms with Gasteiger partial charge in [0.1, 0.15) is 0 Å². The van der Waals surface area contributed by atoms with Gasteiger partial charge in [-0.1, -0.05) is 6.92 Å². The molecule has 0 amide bonds. The number of halogens is 1. The molecular formula is C19H33IN4O2S. The van der Waals surface area contributed by atoms with Crippen LogP contribution in [0.15, 0.2) is 10.4 Å². The van der Waals surface area contributed by atoms with E-state index in [1.54, 1.807) is 11.3 Å². The van der Waals surface area contributed by atoms with E-state index in [1.165, 1.54) is 11.4 Å². The summed E-state index contributed by atoms with van der Waals surface area (Å²) >= 11 is 1.73. The summed E-state index contributed by atoms with van der Waals surface area (Å²) in [6.45, 7) is 9.40. The minimum Gasteiger partial charge on any atom is -0.376 e. The first kappa shape index (κ1) is 22.8. The lowest BCUT2D eigenvalue weighted by molar-refractivity contribution is -0.0367. The Morgan fingerprint density at radius 3 is 2.81 bits per heavy atom. The van der Waals surface area contributed by atoms with Crippen LogP contribution >= 0.6 is 35.3 Å². The van der Waals surface area contributed by atoms with E-state index < -0.39 is 0 Å². The number of piperidine rings is 1. The molecule has 1 unspecified atom stereocenters. The summed E-state index contributed by atoms with van der Waals surface area (Å²) in [5.41, 5.74) is 1.07. The Balaban J connectivity index is 0.00000261. The molecule has 1 aromatic heterocycles. The fourth-order valence-corrected chi connectivity index (χ4v) is 4.16. The Morgan fingerprint density at radius 1 is 1.37 bits per heavy atom. The fourth-order valence-electron chi connectivity index (χ4n) is 3.42. The molecule has 2 aliphatic heterocycles. The summed E-state index contributed by atoms with van der Waals surface area (Å²) in [5.74, 6) is 0.996. The second kappa shape index (κ2) is 12.2. The molecule has 0 aromatic carbocycles. The summed E-state index contributed by atoms with van der Waals surface area (Å²) in [6, 6.07) is 0. The normalized spacial score (nSPS) is 21.3. The zero-order valence-corrected chi connectivity index (χ0v) is 19.6. The molecule has 2 fully saturated rings. The summed E-state index contributed by atoms with van der Waals surface area (Å²) in [4.78, 5) is 11.8. The van der Waals surface area contributed by atoms with Gasteiger partial charge in [-0.3, -0.25) is 0 Å². The van der Waals surface area contributed by atoms with Crippen LogP contribution in [0.25, 0.3) is 0 Å². The van der Waals surface area contributed by atoms with Gasteiger partial charge in [0.15, 0.2) is 5.96 Å². The van der Waals surface area contributed by atoms with Crippen molar-refractivity contribution in [3.8, 4) is 0 Å². The third-order valence-corrected chi connectivity index (χ3v) is 5.95. The zero-order chi connectivity index (χ0) is 18.2. The molecule has 1 aromatic rings. The third kappa shape index (κ3) is 7.14. The summed E-state index contributed by atoms with van der Waals surface area (Å²) in [5, 5.41) is 6.73. The van der Waals surface area contributed by atoms with Crippen LogP contribution in [0.4, 0.5) is 0 Å². The molecule has 2 aliphatic rings. The molecule has 6 nitrogen and oxygen atoms in total. The van der Waals surface area contributed by atoms with Crippen LogP contribution in [0.5, 0.6) is 0 Å². The maximum atomic E-state index is 6.08. The summed E-state index contributed by atoms with van der Waals surface area (Å²) in [7, 11) is 0. The van der Waals surface area contributed by atoms with Crippen molar-refractivity contribution in [1.29, 1.82) is 0 Å². The highest BCUT2D eigenvalue weighted by Crippen LogP contribution is 2.18. The van der Waals surface area contributed by atoms with Crippen LogP contribution in [0, 0.1) is 0 Å². The summed E-state index contributed by atoms with van der Waals surface area (Å²) in [6.07, 6.45) is 6.08. The molecule has 0 spiro atoms. The van der Waals surface area contributed by atoms with Crippen molar-refractivity contribution >= 4 is 41.3 Å². The number of thiazole rings is 1. The molecular weight excluding hydrogens is 475 g/mol. The van der Waals surface area contributed by atoms with E-state index in [1.807, 2.05) is 0 Å². The zero-order valence-electron chi connectivity index (χ0n) is 16.5. The molecule has 0 radical (unpaired) electrons. The van der Waals surface area contributed by atoms with Gasteiger partial charge in [0.25, 0.3) is 0 Å². The van der Waals surface area contributed by atoms with Crippen molar-refractivity contribution < 1.29 is 9.47 Å². The maximum absolute atomic E-state index is 6.08. The first-order valence-electron chi connectivity index (χ1n) is 9.98. The molecule has 0 aliphatic carbocycles. The van der Waals surface area contributed by atoms with E-state index in [0.717, 1.165) is 70.2 Å². The molecule has 154 valence electrons. The van der Waals surface area contributed by atoms with Gasteiger partial charge >= 0.3 is 0 Å². The van der Waals surface area contributed by atoms with Crippen molar-refractivity contribution in [3.63, 3.8) is 0 Å². The van der Waals surface area contributed by atoms with Crippen LogP contribution in [0.1, 0.15) is 50.2 Å². The Kier molecular flexibility index (Phi) is 10.3. The number of aliphatic imine (C=N–C) groups is 1. The highest BCUT2D eigenvalue weighted by molar-refractivity contribution is 14.0. The van der Waals surface area contributed by atoms with Gasteiger partial charge in [0.05, 0.1) is 36.1 Å². The quantitative estimate of drug-likeness (QED) is 0.348. The number of rotatable bonds is 7. The SMILES string of the molecule is CCNC(=NCc1csc(CC)n1)N1CCC(OCC2CCCO2)CC1.I. The maximum Gasteiger partial charge on any atom is 0.194 e. The number of likely N-dealkylation sites (tertiary alicyclic amines) is 1. The van der Waals surface area contributed by atoms with Crippen molar-refractivity contribution in [1.82, 2.24) is 15.2 Å². The minimum atomic E-state index is 0. The molecule has 2 saturated heterocycles. The first-order valence-corrected chi connectivity index (χ1v) is 10.9. The first-order chi connectivity index (χ1) is 12.8. The van der Waals surface area contributed by atoms with Crippen molar-refractivity contribution in [2.75, 3.05) is 32.8 Å². The predicted octanol–water partition coefficient (Wildman–Crippen LogP) is 3.45. The minimum absolute atomic E-state index is 0. The Bertz CT molecular complexity index is 570. The van der Waals surface area contributed by atoms with Gasteiger partial charge < -0.3 is 19.7 Å². The van der Waals surface area contributed by atoms with Gasteiger partial charge in [-0.15, -0.1) is 35.3 Å². The lowest BCUT2D eigenvalue weighted by atomic mass is 10.1. The monoisotopic (exact) mass is 508 g/mol. The molecule has 3 rings (SSSR count). The topological polar surface area (TPSA) is 59.0 Å². The molecule has 1 N–H and O–H groups in total. The smallest absolute Gasteiger partial charge is 0.194 e. The van der Waals surface area contributed by atoms with E-state index in [9.17, 15) is 0 Å². The highest BCUT2D eigenvalue weighted by Gasteiger charge is 2.24. The Labute approximate surface area is 184 Å². The van der Waals surface area contributed by atoms with Crippen LogP contribution in [-0.2, 0) is 22.4 Å². The average molecular weight is 508 g/mol. The van der Waals surface area contributed by atoms with Crippen LogP contribution in [0.3, 0.4) is 0 Å². The van der Waals surface area contributed by atoms with E-state index in [0.29, 0.717) is 18.8 Å². The van der Waals surface area contributed by atoms with Crippen molar-refractivity contribution in [2.45, 2.75) is 64.7 Å². The lowest BCUT2D eigenvalue weighted by Gasteiger charge is -2.34. The van der Waals surface area contributed by atoms with E-state index in [-0.39, 0.29) is 24.0 Å². The lowest BCUT2D eigenvalue weighted by Crippen LogP contribution is -2.47. The summed E-state index contributed by atoms with van der Waals surface area (Å²) < 4.78 is 11.7. The predicted molar refractivity (Wildman–Crippen MR) is 121 cm³/mol. The number of guanidine groups is 1. The van der Waals surface area contributed by atoms with Gasteiger partial charge in [0, 0.05) is 31.6 Å². The molecule has 3 heterocycles. The van der Waals surface area contributed by atoms with E-state index >= 15 is 0 Å². The highest BCUT2D eigenvalue weighted by atomic mass is 127. The second-order valence-corrected chi connectivity index (χ2v) is 7.85. The standard InChI is InChI=1S/C19H32N4O2S.HI/c1-3-18-22-15(14-26-18)12-21-19(20-4-2)23-9-7-16(8-10-23)25-13-17-6-5-11-24-17;/h14,16-17H,3-13H2,1-2H3,(H,20,21);1H. The molecule has 27 heavy (non-hydrogen) atoms. The van der Waals surface area contributed by atoms with E-state index in [2.05, 4.69) is 34.4 Å². The molecule has 8 heteroatoms.